The van der Waals surface area contributed by atoms with Gasteiger partial charge in [-0.25, -0.2) is 9.37 Å². The van der Waals surface area contributed by atoms with Crippen LogP contribution < -0.4 is 10.1 Å². The van der Waals surface area contributed by atoms with Gasteiger partial charge in [0.2, 0.25) is 5.89 Å². The fourth-order valence-electron chi connectivity index (χ4n) is 4.48. The average molecular weight is 395 g/mol. The molecule has 2 bridgehead atoms. The number of oxazole rings is 1. The van der Waals surface area contributed by atoms with Gasteiger partial charge in [0, 0.05) is 18.7 Å². The molecule has 150 valence electrons. The third kappa shape index (κ3) is 3.25. The molecule has 7 heteroatoms. The summed E-state index contributed by atoms with van der Waals surface area (Å²) in [6.45, 7) is 3.03. The monoisotopic (exact) mass is 395 g/mol. The third-order valence-corrected chi connectivity index (χ3v) is 6.01. The molecule has 0 saturated carbocycles. The molecule has 3 aromatic rings. The molecular weight excluding hydrogens is 373 g/mol. The van der Waals surface area contributed by atoms with E-state index in [0.717, 1.165) is 32.5 Å². The lowest BCUT2D eigenvalue weighted by Crippen LogP contribution is -2.57. The molecule has 3 aliphatic rings. The fourth-order valence-corrected chi connectivity index (χ4v) is 4.48. The standard InChI is InChI=1S/C22H22FN3O3/c1-28-18-5-3-2-4-15(18)22-25-20-16(10-14(23)11-19(20)29-22)21(27)24-17-12-26-8-6-13(17)7-9-26/h2-5,10-11,13,17H,6-9,12H2,1H3,(H,24,27). The zero-order valence-electron chi connectivity index (χ0n) is 16.2. The number of carbonyl (C=O) groups excluding carboxylic acids is 1. The predicted octanol–water partition coefficient (Wildman–Crippen LogP) is 3.47. The maximum atomic E-state index is 14.2. The minimum atomic E-state index is -0.528. The molecule has 3 saturated heterocycles. The Bertz CT molecular complexity index is 1070. The number of amides is 1. The smallest absolute Gasteiger partial charge is 0.253 e. The maximum absolute atomic E-state index is 14.2. The first-order valence-corrected chi connectivity index (χ1v) is 9.89. The first-order valence-electron chi connectivity index (χ1n) is 9.89. The predicted molar refractivity (Wildman–Crippen MR) is 106 cm³/mol. The Morgan fingerprint density at radius 2 is 2.07 bits per heavy atom. The van der Waals surface area contributed by atoms with E-state index >= 15 is 0 Å². The van der Waals surface area contributed by atoms with E-state index < -0.39 is 5.82 Å². The Kier molecular flexibility index (Phi) is 4.47. The summed E-state index contributed by atoms with van der Waals surface area (Å²) >= 11 is 0. The Morgan fingerprint density at radius 1 is 1.28 bits per heavy atom. The van der Waals surface area contributed by atoms with Crippen molar-refractivity contribution in [3.63, 3.8) is 0 Å². The maximum Gasteiger partial charge on any atom is 0.253 e. The summed E-state index contributed by atoms with van der Waals surface area (Å²) in [5.74, 6) is 0.527. The van der Waals surface area contributed by atoms with Gasteiger partial charge >= 0.3 is 0 Å². The minimum Gasteiger partial charge on any atom is -0.496 e. The first kappa shape index (κ1) is 18.1. The van der Waals surface area contributed by atoms with Gasteiger partial charge in [-0.2, -0.15) is 0 Å². The van der Waals surface area contributed by atoms with Crippen LogP contribution in [-0.4, -0.2) is 48.6 Å². The van der Waals surface area contributed by atoms with Crippen LogP contribution in [0.4, 0.5) is 4.39 Å². The van der Waals surface area contributed by atoms with Gasteiger partial charge in [-0.3, -0.25) is 4.79 Å². The molecule has 29 heavy (non-hydrogen) atoms. The average Bonchev–Trinajstić information content (AvgIpc) is 3.17. The summed E-state index contributed by atoms with van der Waals surface area (Å²) in [6.07, 6.45) is 2.18. The van der Waals surface area contributed by atoms with Crippen LogP contribution in [0, 0.1) is 11.7 Å². The molecule has 1 N–H and O–H groups in total. The molecule has 1 unspecified atom stereocenters. The van der Waals surface area contributed by atoms with Crippen molar-refractivity contribution < 1.29 is 18.3 Å². The van der Waals surface area contributed by atoms with Gasteiger partial charge in [0.15, 0.2) is 5.58 Å². The zero-order valence-corrected chi connectivity index (χ0v) is 16.2. The highest BCUT2D eigenvalue weighted by molar-refractivity contribution is 6.05. The van der Waals surface area contributed by atoms with Crippen molar-refractivity contribution in [2.75, 3.05) is 26.7 Å². The number of benzene rings is 2. The molecule has 1 amide bonds. The van der Waals surface area contributed by atoms with Gasteiger partial charge in [-0.1, -0.05) is 12.1 Å². The van der Waals surface area contributed by atoms with E-state index in [-0.39, 0.29) is 23.1 Å². The largest absolute Gasteiger partial charge is 0.496 e. The molecule has 3 fully saturated rings. The molecule has 0 spiro atoms. The normalized spacial score (nSPS) is 23.3. The second-order valence-corrected chi connectivity index (χ2v) is 7.74. The molecule has 1 atom stereocenters. The number of hydrogen-bond donors (Lipinski definition) is 1. The Morgan fingerprint density at radius 3 is 2.79 bits per heavy atom. The van der Waals surface area contributed by atoms with Crippen molar-refractivity contribution >= 4 is 17.0 Å². The van der Waals surface area contributed by atoms with Crippen LogP contribution in [0.15, 0.2) is 40.8 Å². The van der Waals surface area contributed by atoms with Crippen molar-refractivity contribution in [1.29, 1.82) is 0 Å². The molecule has 0 radical (unpaired) electrons. The molecule has 3 aliphatic heterocycles. The number of hydrogen-bond acceptors (Lipinski definition) is 5. The third-order valence-electron chi connectivity index (χ3n) is 6.01. The van der Waals surface area contributed by atoms with Crippen molar-refractivity contribution in [2.45, 2.75) is 18.9 Å². The number of aromatic nitrogens is 1. The van der Waals surface area contributed by atoms with Crippen molar-refractivity contribution in [1.82, 2.24) is 15.2 Å². The highest BCUT2D eigenvalue weighted by Crippen LogP contribution is 2.33. The second kappa shape index (κ2) is 7.15. The number of nitrogens with zero attached hydrogens (tertiary/aromatic N) is 2. The van der Waals surface area contributed by atoms with Crippen molar-refractivity contribution in [3.05, 3.63) is 47.8 Å². The van der Waals surface area contributed by atoms with E-state index in [1.54, 1.807) is 13.2 Å². The van der Waals surface area contributed by atoms with Crippen LogP contribution in [0.25, 0.3) is 22.6 Å². The van der Waals surface area contributed by atoms with E-state index in [1.165, 1.54) is 12.1 Å². The van der Waals surface area contributed by atoms with Gasteiger partial charge in [-0.15, -0.1) is 0 Å². The SMILES string of the molecule is COc1ccccc1-c1nc2c(C(=O)NC3CN4CCC3CC4)cc(F)cc2o1. The van der Waals surface area contributed by atoms with Gasteiger partial charge < -0.3 is 19.4 Å². The van der Waals surface area contributed by atoms with E-state index in [4.69, 9.17) is 9.15 Å². The highest BCUT2D eigenvalue weighted by Gasteiger charge is 2.35. The number of methoxy groups -OCH3 is 1. The Balaban J connectivity index is 1.50. The zero-order chi connectivity index (χ0) is 20.0. The Labute approximate surface area is 167 Å². The van der Waals surface area contributed by atoms with Crippen LogP contribution in [0.2, 0.25) is 0 Å². The van der Waals surface area contributed by atoms with E-state index in [1.807, 2.05) is 18.2 Å². The van der Waals surface area contributed by atoms with Gasteiger partial charge in [-0.05, 0) is 50.0 Å². The lowest BCUT2D eigenvalue weighted by Gasteiger charge is -2.44. The summed E-state index contributed by atoms with van der Waals surface area (Å²) in [4.78, 5) is 19.9. The van der Waals surface area contributed by atoms with Crippen LogP contribution in [-0.2, 0) is 0 Å². The number of ether oxygens (including phenoxy) is 1. The number of rotatable bonds is 4. The van der Waals surface area contributed by atoms with E-state index in [9.17, 15) is 9.18 Å². The number of para-hydroxylation sites is 1. The fraction of sp³-hybridized carbons (Fsp3) is 0.364. The van der Waals surface area contributed by atoms with Gasteiger partial charge in [0.25, 0.3) is 5.91 Å². The lowest BCUT2D eigenvalue weighted by molar-refractivity contribution is 0.0621. The molecule has 4 heterocycles. The molecule has 2 aromatic carbocycles. The topological polar surface area (TPSA) is 67.6 Å². The molecule has 0 aliphatic carbocycles. The summed E-state index contributed by atoms with van der Waals surface area (Å²) < 4.78 is 25.4. The number of nitrogens with one attached hydrogen (secondary N) is 1. The highest BCUT2D eigenvalue weighted by atomic mass is 19.1. The summed E-state index contributed by atoms with van der Waals surface area (Å²) in [6, 6.07) is 9.87. The molecule has 6 nitrogen and oxygen atoms in total. The van der Waals surface area contributed by atoms with Crippen LogP contribution >= 0.6 is 0 Å². The number of carbonyl (C=O) groups is 1. The van der Waals surface area contributed by atoms with Crippen LogP contribution in [0.3, 0.4) is 0 Å². The summed E-state index contributed by atoms with van der Waals surface area (Å²) in [5.41, 5.74) is 1.44. The van der Waals surface area contributed by atoms with Crippen LogP contribution in [0.5, 0.6) is 5.75 Å². The minimum absolute atomic E-state index is 0.0870. The molecular formula is C22H22FN3O3. The Hall–Kier alpha value is -2.93. The van der Waals surface area contributed by atoms with Crippen LogP contribution in [0.1, 0.15) is 23.2 Å². The van der Waals surface area contributed by atoms with Gasteiger partial charge in [0.1, 0.15) is 17.1 Å². The number of piperidine rings is 3. The van der Waals surface area contributed by atoms with E-state index in [2.05, 4.69) is 15.2 Å². The number of halogens is 1. The molecule has 6 rings (SSSR count). The van der Waals surface area contributed by atoms with Crippen molar-refractivity contribution in [2.24, 2.45) is 5.92 Å². The van der Waals surface area contributed by atoms with Crippen molar-refractivity contribution in [3.8, 4) is 17.2 Å². The first-order chi connectivity index (χ1) is 14.1. The second-order valence-electron chi connectivity index (χ2n) is 7.74. The van der Waals surface area contributed by atoms with Gasteiger partial charge in [0.05, 0.1) is 18.2 Å². The lowest BCUT2D eigenvalue weighted by atomic mass is 9.84. The quantitative estimate of drug-likeness (QED) is 0.733. The summed E-state index contributed by atoms with van der Waals surface area (Å²) in [7, 11) is 1.56. The number of fused-ring (bicyclic) bond motifs is 4. The summed E-state index contributed by atoms with van der Waals surface area (Å²) in [5, 5.41) is 3.10. The van der Waals surface area contributed by atoms with E-state index in [0.29, 0.717) is 28.6 Å². The molecule has 1 aromatic heterocycles.